The summed E-state index contributed by atoms with van der Waals surface area (Å²) in [5.74, 6) is 2.52. The molecule has 1 unspecified atom stereocenters. The van der Waals surface area contributed by atoms with Gasteiger partial charge in [0.1, 0.15) is 5.82 Å². The summed E-state index contributed by atoms with van der Waals surface area (Å²) < 4.78 is 13.1. The monoisotopic (exact) mass is 275 g/mol. The Bertz CT molecular complexity index is 428. The van der Waals surface area contributed by atoms with Crippen LogP contribution in [0.4, 0.5) is 4.39 Å². The molecule has 1 rings (SSSR count). The van der Waals surface area contributed by atoms with Gasteiger partial charge in [0.15, 0.2) is 0 Å². The van der Waals surface area contributed by atoms with Gasteiger partial charge in [-0.15, -0.1) is 12.3 Å². The van der Waals surface area contributed by atoms with E-state index in [1.54, 1.807) is 0 Å². The Balaban J connectivity index is 2.84. The number of nitrogens with one attached hydrogen (secondary N) is 1. The Morgan fingerprint density at radius 2 is 1.95 bits per heavy atom. The molecule has 1 atom stereocenters. The van der Waals surface area contributed by atoms with E-state index in [0.717, 1.165) is 37.8 Å². The summed E-state index contributed by atoms with van der Waals surface area (Å²) in [6.07, 6.45) is 9.30. The van der Waals surface area contributed by atoms with Crippen molar-refractivity contribution >= 4 is 0 Å². The predicted molar refractivity (Wildman–Crippen MR) is 84.2 cm³/mol. The predicted octanol–water partition coefficient (Wildman–Crippen LogP) is 4.28. The van der Waals surface area contributed by atoms with Crippen LogP contribution in [0.25, 0.3) is 0 Å². The Morgan fingerprint density at radius 1 is 1.30 bits per heavy atom. The van der Waals surface area contributed by atoms with Gasteiger partial charge < -0.3 is 5.32 Å². The summed E-state index contributed by atoms with van der Waals surface area (Å²) in [6, 6.07) is 7.19. The van der Waals surface area contributed by atoms with Crippen molar-refractivity contribution in [2.24, 2.45) is 0 Å². The van der Waals surface area contributed by atoms with Gasteiger partial charge in [0, 0.05) is 17.9 Å². The zero-order valence-corrected chi connectivity index (χ0v) is 12.9. The Kier molecular flexibility index (Phi) is 6.75. The van der Waals surface area contributed by atoms with Crippen molar-refractivity contribution in [3.8, 4) is 12.3 Å². The van der Waals surface area contributed by atoms with E-state index in [-0.39, 0.29) is 11.2 Å². The van der Waals surface area contributed by atoms with Crippen molar-refractivity contribution in [2.45, 2.75) is 57.9 Å². The lowest BCUT2D eigenvalue weighted by molar-refractivity contribution is 0.318. The van der Waals surface area contributed by atoms with Gasteiger partial charge in [-0.05, 0) is 43.5 Å². The van der Waals surface area contributed by atoms with Gasteiger partial charge in [0.25, 0.3) is 0 Å². The third-order valence-corrected chi connectivity index (χ3v) is 3.91. The van der Waals surface area contributed by atoms with E-state index in [0.29, 0.717) is 6.04 Å². The van der Waals surface area contributed by atoms with Crippen molar-refractivity contribution in [3.05, 3.63) is 35.6 Å². The first-order valence-electron chi connectivity index (χ1n) is 7.45. The van der Waals surface area contributed by atoms with E-state index in [4.69, 9.17) is 6.42 Å². The topological polar surface area (TPSA) is 12.0 Å². The maximum atomic E-state index is 13.1. The second-order valence-corrected chi connectivity index (χ2v) is 5.83. The Hall–Kier alpha value is -1.33. The van der Waals surface area contributed by atoms with Crippen LogP contribution in [0, 0.1) is 18.2 Å². The Morgan fingerprint density at radius 3 is 2.50 bits per heavy atom. The van der Waals surface area contributed by atoms with E-state index in [2.05, 4.69) is 32.0 Å². The van der Waals surface area contributed by atoms with Crippen LogP contribution in [-0.2, 0) is 5.41 Å². The van der Waals surface area contributed by atoms with E-state index in [1.807, 2.05) is 12.1 Å². The van der Waals surface area contributed by atoms with Gasteiger partial charge in [0.05, 0.1) is 0 Å². The van der Waals surface area contributed by atoms with Crippen LogP contribution < -0.4 is 5.32 Å². The maximum Gasteiger partial charge on any atom is 0.123 e. The molecule has 1 N–H and O–H groups in total. The van der Waals surface area contributed by atoms with Crippen LogP contribution in [0.5, 0.6) is 0 Å². The van der Waals surface area contributed by atoms with Crippen LogP contribution in [0.15, 0.2) is 24.3 Å². The first kappa shape index (κ1) is 16.7. The van der Waals surface area contributed by atoms with Crippen LogP contribution in [0.2, 0.25) is 0 Å². The van der Waals surface area contributed by atoms with Gasteiger partial charge in [-0.2, -0.15) is 0 Å². The van der Waals surface area contributed by atoms with E-state index in [1.165, 1.54) is 12.1 Å². The fourth-order valence-electron chi connectivity index (χ4n) is 2.53. The first-order valence-corrected chi connectivity index (χ1v) is 7.45. The molecule has 0 spiro atoms. The summed E-state index contributed by atoms with van der Waals surface area (Å²) in [4.78, 5) is 0. The van der Waals surface area contributed by atoms with Crippen molar-refractivity contribution in [2.75, 3.05) is 6.54 Å². The number of halogens is 1. The quantitative estimate of drug-likeness (QED) is 0.551. The molecular formula is C18H26FN. The molecule has 20 heavy (non-hydrogen) atoms. The van der Waals surface area contributed by atoms with E-state index in [9.17, 15) is 4.39 Å². The van der Waals surface area contributed by atoms with Gasteiger partial charge in [-0.3, -0.25) is 0 Å². The number of terminal acetylenes is 1. The average molecular weight is 275 g/mol. The van der Waals surface area contributed by atoms with Crippen molar-refractivity contribution in [1.82, 2.24) is 5.32 Å². The molecule has 110 valence electrons. The molecule has 0 bridgehead atoms. The zero-order valence-electron chi connectivity index (χ0n) is 12.9. The third-order valence-electron chi connectivity index (χ3n) is 3.91. The molecule has 0 aliphatic carbocycles. The molecule has 1 aromatic carbocycles. The summed E-state index contributed by atoms with van der Waals surface area (Å²) in [7, 11) is 0. The van der Waals surface area contributed by atoms with Crippen molar-refractivity contribution in [1.29, 1.82) is 0 Å². The number of hydrogen-bond acceptors (Lipinski definition) is 1. The molecule has 0 heterocycles. The molecule has 0 radical (unpaired) electrons. The van der Waals surface area contributed by atoms with Gasteiger partial charge in [0.2, 0.25) is 0 Å². The summed E-state index contributed by atoms with van der Waals surface area (Å²) in [5.41, 5.74) is 1.12. The van der Waals surface area contributed by atoms with Gasteiger partial charge in [-0.25, -0.2) is 4.39 Å². The number of hydrogen-bond donors (Lipinski definition) is 1. The summed E-state index contributed by atoms with van der Waals surface area (Å²) in [6.45, 7) is 7.58. The minimum absolute atomic E-state index is 0.0442. The summed E-state index contributed by atoms with van der Waals surface area (Å²) in [5, 5.41) is 3.62. The molecule has 0 amide bonds. The minimum Gasteiger partial charge on any atom is -0.313 e. The number of rotatable bonds is 8. The van der Waals surface area contributed by atoms with Crippen molar-refractivity contribution in [3.63, 3.8) is 0 Å². The number of benzene rings is 1. The SMILES string of the molecule is C#CCCCC(NCCC)C(C)(C)c1ccc(F)cc1. The minimum atomic E-state index is -0.185. The molecule has 0 saturated carbocycles. The largest absolute Gasteiger partial charge is 0.313 e. The highest BCUT2D eigenvalue weighted by atomic mass is 19.1. The molecule has 0 aromatic heterocycles. The summed E-state index contributed by atoms with van der Waals surface area (Å²) >= 11 is 0. The van der Waals surface area contributed by atoms with Crippen LogP contribution in [-0.4, -0.2) is 12.6 Å². The van der Waals surface area contributed by atoms with Crippen LogP contribution >= 0.6 is 0 Å². The highest BCUT2D eigenvalue weighted by Gasteiger charge is 2.30. The van der Waals surface area contributed by atoms with Crippen LogP contribution in [0.1, 0.15) is 52.0 Å². The Labute approximate surface area is 123 Å². The zero-order chi connectivity index (χ0) is 15.0. The van der Waals surface area contributed by atoms with Gasteiger partial charge >= 0.3 is 0 Å². The molecular weight excluding hydrogens is 249 g/mol. The molecule has 2 heteroatoms. The molecule has 0 aliphatic heterocycles. The second-order valence-electron chi connectivity index (χ2n) is 5.83. The second kappa shape index (κ2) is 8.07. The normalized spacial score (nSPS) is 12.9. The molecule has 0 fully saturated rings. The fourth-order valence-corrected chi connectivity index (χ4v) is 2.53. The van der Waals surface area contributed by atoms with Crippen molar-refractivity contribution < 1.29 is 4.39 Å². The maximum absolute atomic E-state index is 13.1. The number of unbranched alkanes of at least 4 members (excludes halogenated alkanes) is 1. The lowest BCUT2D eigenvalue weighted by atomic mass is 9.75. The fraction of sp³-hybridized carbons (Fsp3) is 0.556. The van der Waals surface area contributed by atoms with Crippen LogP contribution in [0.3, 0.4) is 0 Å². The smallest absolute Gasteiger partial charge is 0.123 e. The van der Waals surface area contributed by atoms with E-state index < -0.39 is 0 Å². The lowest BCUT2D eigenvalue weighted by Gasteiger charge is -2.36. The molecule has 0 saturated heterocycles. The first-order chi connectivity index (χ1) is 9.52. The molecule has 1 nitrogen and oxygen atoms in total. The molecule has 0 aliphatic rings. The highest BCUT2D eigenvalue weighted by molar-refractivity contribution is 5.26. The molecule has 1 aromatic rings. The average Bonchev–Trinajstić information content (AvgIpc) is 2.43. The van der Waals surface area contributed by atoms with E-state index >= 15 is 0 Å². The lowest BCUT2D eigenvalue weighted by Crippen LogP contribution is -2.45. The third kappa shape index (κ3) is 4.65. The standard InChI is InChI=1S/C18H26FN/c1-5-7-8-9-17(20-14-6-2)18(3,4)15-10-12-16(19)13-11-15/h1,10-13,17,20H,6-9,14H2,2-4H3. The highest BCUT2D eigenvalue weighted by Crippen LogP contribution is 2.30. The van der Waals surface area contributed by atoms with Gasteiger partial charge in [-0.1, -0.05) is 32.9 Å².